The van der Waals surface area contributed by atoms with E-state index < -0.39 is 0 Å². The normalized spacial score (nSPS) is 10.6. The number of benzene rings is 2. The number of hydrogen-bond acceptors (Lipinski definition) is 3. The number of phenolic OH excluding ortho intramolecular Hbond substituents is 3. The van der Waals surface area contributed by atoms with Gasteiger partial charge in [-0.05, 0) is 41.7 Å². The van der Waals surface area contributed by atoms with Crippen molar-refractivity contribution in [1.82, 2.24) is 0 Å². The Morgan fingerprint density at radius 3 is 2.05 bits per heavy atom. The zero-order valence-electron chi connectivity index (χ0n) is 11.1. The van der Waals surface area contributed by atoms with E-state index in [0.717, 1.165) is 12.8 Å². The Labute approximate surface area is 112 Å². The molecule has 0 aliphatic heterocycles. The van der Waals surface area contributed by atoms with E-state index in [-0.39, 0.29) is 22.8 Å². The molecule has 100 valence electrons. The summed E-state index contributed by atoms with van der Waals surface area (Å²) in [7, 11) is 0. The fraction of sp³-hybridized carbons (Fsp3) is 0.250. The van der Waals surface area contributed by atoms with Gasteiger partial charge in [0.2, 0.25) is 0 Å². The van der Waals surface area contributed by atoms with Gasteiger partial charge in [0, 0.05) is 0 Å². The molecule has 19 heavy (non-hydrogen) atoms. The Hall–Kier alpha value is -2.16. The van der Waals surface area contributed by atoms with E-state index >= 15 is 0 Å². The first-order chi connectivity index (χ1) is 9.08. The van der Waals surface area contributed by atoms with Crippen LogP contribution in [0.15, 0.2) is 30.3 Å². The smallest absolute Gasteiger partial charge is 0.169 e. The van der Waals surface area contributed by atoms with Crippen molar-refractivity contribution in [3.05, 3.63) is 41.5 Å². The molecule has 3 heteroatoms. The van der Waals surface area contributed by atoms with E-state index in [1.165, 1.54) is 23.3 Å². The monoisotopic (exact) mass is 258 g/mol. The maximum Gasteiger partial charge on any atom is 0.169 e. The summed E-state index contributed by atoms with van der Waals surface area (Å²) in [4.78, 5) is 0. The van der Waals surface area contributed by atoms with Gasteiger partial charge < -0.3 is 15.3 Å². The molecule has 0 amide bonds. The van der Waals surface area contributed by atoms with Crippen molar-refractivity contribution in [2.24, 2.45) is 0 Å². The van der Waals surface area contributed by atoms with Crippen LogP contribution in [0.5, 0.6) is 17.2 Å². The van der Waals surface area contributed by atoms with Crippen molar-refractivity contribution in [1.29, 1.82) is 0 Å². The molecule has 0 atom stereocenters. The largest absolute Gasteiger partial charge is 0.507 e. The lowest BCUT2D eigenvalue weighted by Crippen LogP contribution is -1.92. The molecule has 2 aromatic rings. The van der Waals surface area contributed by atoms with Gasteiger partial charge >= 0.3 is 0 Å². The number of hydrogen-bond donors (Lipinski definition) is 3. The van der Waals surface area contributed by atoms with E-state index in [1.54, 1.807) is 0 Å². The lowest BCUT2D eigenvalue weighted by molar-refractivity contribution is 0.398. The van der Waals surface area contributed by atoms with Crippen LogP contribution in [-0.2, 0) is 12.8 Å². The van der Waals surface area contributed by atoms with Crippen LogP contribution >= 0.6 is 0 Å². The van der Waals surface area contributed by atoms with Crippen LogP contribution in [0.2, 0.25) is 0 Å². The highest BCUT2D eigenvalue weighted by Crippen LogP contribution is 2.43. The Balaban J connectivity index is 2.63. The molecule has 2 rings (SSSR count). The molecule has 0 aromatic heterocycles. The van der Waals surface area contributed by atoms with E-state index in [1.807, 2.05) is 18.2 Å². The third-order valence-corrected chi connectivity index (χ3v) is 3.39. The second-order valence-electron chi connectivity index (χ2n) is 4.52. The van der Waals surface area contributed by atoms with Crippen LogP contribution in [0.4, 0.5) is 0 Å². The van der Waals surface area contributed by atoms with E-state index in [9.17, 15) is 15.3 Å². The summed E-state index contributed by atoms with van der Waals surface area (Å²) in [6.07, 6.45) is 1.83. The van der Waals surface area contributed by atoms with Crippen LogP contribution in [0.25, 0.3) is 11.1 Å². The minimum absolute atomic E-state index is 0.0402. The van der Waals surface area contributed by atoms with Crippen LogP contribution in [0.1, 0.15) is 25.0 Å². The lowest BCUT2D eigenvalue weighted by Gasteiger charge is -2.12. The Morgan fingerprint density at radius 2 is 1.42 bits per heavy atom. The zero-order valence-corrected chi connectivity index (χ0v) is 11.1. The summed E-state index contributed by atoms with van der Waals surface area (Å²) in [5.41, 5.74) is 3.42. The van der Waals surface area contributed by atoms with Crippen LogP contribution < -0.4 is 0 Å². The fourth-order valence-corrected chi connectivity index (χ4v) is 2.31. The van der Waals surface area contributed by atoms with Crippen molar-refractivity contribution in [2.75, 3.05) is 0 Å². The van der Waals surface area contributed by atoms with E-state index in [2.05, 4.69) is 13.8 Å². The Kier molecular flexibility index (Phi) is 3.65. The molecule has 0 fully saturated rings. The molecule has 3 nitrogen and oxygen atoms in total. The van der Waals surface area contributed by atoms with E-state index in [0.29, 0.717) is 5.56 Å². The molecule has 3 N–H and O–H groups in total. The second kappa shape index (κ2) is 5.22. The molecule has 0 saturated carbocycles. The predicted molar refractivity (Wildman–Crippen MR) is 75.6 cm³/mol. The molecule has 0 aliphatic carbocycles. The van der Waals surface area contributed by atoms with Crippen molar-refractivity contribution < 1.29 is 15.3 Å². The molecule has 2 aromatic carbocycles. The maximum absolute atomic E-state index is 9.91. The van der Waals surface area contributed by atoms with Crippen molar-refractivity contribution in [3.8, 4) is 28.4 Å². The topological polar surface area (TPSA) is 60.7 Å². The quantitative estimate of drug-likeness (QED) is 0.582. The van der Waals surface area contributed by atoms with Crippen molar-refractivity contribution >= 4 is 0 Å². The van der Waals surface area contributed by atoms with Gasteiger partial charge in [0.05, 0.1) is 5.56 Å². The van der Waals surface area contributed by atoms with Gasteiger partial charge in [-0.3, -0.25) is 0 Å². The summed E-state index contributed by atoms with van der Waals surface area (Å²) in [5.74, 6) is -0.557. The molecule has 0 spiro atoms. The first-order valence-electron chi connectivity index (χ1n) is 6.44. The maximum atomic E-state index is 9.91. The van der Waals surface area contributed by atoms with Gasteiger partial charge in [-0.15, -0.1) is 0 Å². The average Bonchev–Trinajstić information content (AvgIpc) is 2.43. The number of phenols is 3. The third-order valence-electron chi connectivity index (χ3n) is 3.39. The summed E-state index contributed by atoms with van der Waals surface area (Å²) < 4.78 is 0. The summed E-state index contributed by atoms with van der Waals surface area (Å²) in [6.45, 7) is 4.16. The van der Waals surface area contributed by atoms with Crippen molar-refractivity contribution in [3.63, 3.8) is 0 Å². The van der Waals surface area contributed by atoms with E-state index in [4.69, 9.17) is 0 Å². The number of aryl methyl sites for hydroxylation is 2. The molecule has 0 heterocycles. The van der Waals surface area contributed by atoms with Crippen LogP contribution in [-0.4, -0.2) is 15.3 Å². The molecule has 0 radical (unpaired) electrons. The molecule has 0 bridgehead atoms. The zero-order chi connectivity index (χ0) is 14.0. The van der Waals surface area contributed by atoms with Gasteiger partial charge in [0.15, 0.2) is 11.5 Å². The molecular formula is C16H18O3. The highest BCUT2D eigenvalue weighted by Gasteiger charge is 2.14. The van der Waals surface area contributed by atoms with Gasteiger partial charge in [0.1, 0.15) is 5.75 Å². The highest BCUT2D eigenvalue weighted by atomic mass is 16.3. The van der Waals surface area contributed by atoms with Gasteiger partial charge in [-0.2, -0.15) is 0 Å². The standard InChI is InChI=1S/C16H18O3/c1-3-10-5-6-12(9-11(10)4-2)15-13(17)7-8-14(18)16(15)19/h5-9,17-19H,3-4H2,1-2H3. The Morgan fingerprint density at radius 1 is 0.789 bits per heavy atom. The number of aromatic hydroxyl groups is 3. The van der Waals surface area contributed by atoms with Crippen molar-refractivity contribution in [2.45, 2.75) is 26.7 Å². The summed E-state index contributed by atoms with van der Waals surface area (Å²) >= 11 is 0. The van der Waals surface area contributed by atoms with Gasteiger partial charge in [-0.25, -0.2) is 0 Å². The van der Waals surface area contributed by atoms with Gasteiger partial charge in [-0.1, -0.05) is 32.0 Å². The summed E-state index contributed by atoms with van der Waals surface area (Å²) in [6, 6.07) is 8.45. The third kappa shape index (κ3) is 2.36. The second-order valence-corrected chi connectivity index (χ2v) is 4.52. The Bertz CT molecular complexity index is 603. The first-order valence-corrected chi connectivity index (χ1v) is 6.44. The minimum atomic E-state index is -0.286. The van der Waals surface area contributed by atoms with Crippen LogP contribution in [0, 0.1) is 0 Å². The number of rotatable bonds is 3. The summed E-state index contributed by atoms with van der Waals surface area (Å²) in [5, 5.41) is 29.4. The van der Waals surface area contributed by atoms with Crippen LogP contribution in [0.3, 0.4) is 0 Å². The fourth-order valence-electron chi connectivity index (χ4n) is 2.31. The SMILES string of the molecule is CCc1ccc(-c2c(O)ccc(O)c2O)cc1CC. The first kappa shape index (κ1) is 13.3. The molecular weight excluding hydrogens is 240 g/mol. The highest BCUT2D eigenvalue weighted by molar-refractivity contribution is 5.79. The van der Waals surface area contributed by atoms with Gasteiger partial charge in [0.25, 0.3) is 0 Å². The average molecular weight is 258 g/mol. The predicted octanol–water partition coefficient (Wildman–Crippen LogP) is 3.60. The molecule has 0 aliphatic rings. The lowest BCUT2D eigenvalue weighted by atomic mass is 9.95. The minimum Gasteiger partial charge on any atom is -0.507 e. The molecule has 0 saturated heterocycles. The molecule has 0 unspecified atom stereocenters.